The average Bonchev–Trinajstić information content (AvgIpc) is 3.69. The van der Waals surface area contributed by atoms with E-state index in [2.05, 4.69) is 20.3 Å². The van der Waals surface area contributed by atoms with Crippen molar-refractivity contribution in [1.82, 2.24) is 29.3 Å². The van der Waals surface area contributed by atoms with Crippen LogP contribution >= 0.6 is 0 Å². The monoisotopic (exact) mass is 677 g/mol. The third kappa shape index (κ3) is 8.59. The number of amides is 2. The molecule has 2 amide bonds. The highest BCUT2D eigenvalue weighted by molar-refractivity contribution is 5.91. The van der Waals surface area contributed by atoms with E-state index in [0.29, 0.717) is 16.8 Å². The predicted molar refractivity (Wildman–Crippen MR) is 177 cm³/mol. The summed E-state index contributed by atoms with van der Waals surface area (Å²) >= 11 is 0. The largest absolute Gasteiger partial charge is 0.480 e. The SMILES string of the molecule is COC(CN(C)C(=O)OCc1ccccc1)Cn1cnc2c(F)ccc(-c3ccnc(N[C@H]4C[C@@H](C(=O)O)N(C(=O)OC(C)(C)C)C4)n3)c21. The number of hydrogen-bond donors (Lipinski definition) is 2. The molecule has 1 aliphatic rings. The van der Waals surface area contributed by atoms with Gasteiger partial charge in [0.05, 0.1) is 36.7 Å². The quantitative estimate of drug-likeness (QED) is 0.225. The van der Waals surface area contributed by atoms with Crippen molar-refractivity contribution in [3.63, 3.8) is 0 Å². The molecule has 2 aromatic heterocycles. The molecule has 49 heavy (non-hydrogen) atoms. The van der Waals surface area contributed by atoms with E-state index in [1.165, 1.54) is 35.5 Å². The molecule has 15 heteroatoms. The van der Waals surface area contributed by atoms with E-state index in [9.17, 15) is 23.9 Å². The number of likely N-dealkylation sites (tertiary alicyclic amines) is 1. The van der Waals surface area contributed by atoms with Crippen molar-refractivity contribution in [2.45, 2.75) is 64.1 Å². The first-order valence-electron chi connectivity index (χ1n) is 15.7. The summed E-state index contributed by atoms with van der Waals surface area (Å²) < 4.78 is 33.3. The zero-order valence-corrected chi connectivity index (χ0v) is 28.0. The van der Waals surface area contributed by atoms with Crippen LogP contribution in [0.25, 0.3) is 22.3 Å². The van der Waals surface area contributed by atoms with Gasteiger partial charge in [0.1, 0.15) is 23.8 Å². The Morgan fingerprint density at radius 2 is 1.88 bits per heavy atom. The van der Waals surface area contributed by atoms with Gasteiger partial charge in [0.25, 0.3) is 0 Å². The Bertz CT molecular complexity index is 1800. The molecule has 0 saturated carbocycles. The van der Waals surface area contributed by atoms with Gasteiger partial charge in [0.15, 0.2) is 5.82 Å². The Morgan fingerprint density at radius 3 is 2.57 bits per heavy atom. The normalized spacial score (nSPS) is 16.7. The lowest BCUT2D eigenvalue weighted by Crippen LogP contribution is -2.43. The summed E-state index contributed by atoms with van der Waals surface area (Å²) in [4.78, 5) is 53.3. The minimum atomic E-state index is -1.14. The van der Waals surface area contributed by atoms with Crippen LogP contribution in [0.1, 0.15) is 32.8 Å². The topological polar surface area (TPSA) is 161 Å². The van der Waals surface area contributed by atoms with Crippen LogP contribution in [0, 0.1) is 5.82 Å². The summed E-state index contributed by atoms with van der Waals surface area (Å²) in [7, 11) is 3.14. The van der Waals surface area contributed by atoms with Crippen LogP contribution in [0.2, 0.25) is 0 Å². The fourth-order valence-corrected chi connectivity index (χ4v) is 5.59. The average molecular weight is 678 g/mol. The number of anilines is 1. The highest BCUT2D eigenvalue weighted by Crippen LogP contribution is 2.30. The maximum absolute atomic E-state index is 15.0. The number of ether oxygens (including phenoxy) is 3. The Hall–Kier alpha value is -5.31. The number of halogens is 1. The summed E-state index contributed by atoms with van der Waals surface area (Å²) in [6.45, 7) is 5.76. The van der Waals surface area contributed by atoms with E-state index in [0.717, 1.165) is 5.56 Å². The first-order valence-corrected chi connectivity index (χ1v) is 15.7. The van der Waals surface area contributed by atoms with Gasteiger partial charge in [-0.25, -0.2) is 33.7 Å². The number of nitrogens with zero attached hydrogens (tertiary/aromatic N) is 6. The van der Waals surface area contributed by atoms with E-state index < -0.39 is 47.8 Å². The molecule has 3 atom stereocenters. The summed E-state index contributed by atoms with van der Waals surface area (Å²) in [5, 5.41) is 12.9. The maximum atomic E-state index is 15.0. The van der Waals surface area contributed by atoms with Crippen LogP contribution in [-0.4, -0.2) is 104 Å². The molecule has 2 N–H and O–H groups in total. The number of hydrogen-bond acceptors (Lipinski definition) is 10. The summed E-state index contributed by atoms with van der Waals surface area (Å²) in [6, 6.07) is 12.4. The molecule has 14 nitrogen and oxygen atoms in total. The van der Waals surface area contributed by atoms with E-state index in [1.807, 2.05) is 30.3 Å². The Balaban J connectivity index is 1.32. The zero-order chi connectivity index (χ0) is 35.3. The number of carbonyl (C=O) groups is 3. The highest BCUT2D eigenvalue weighted by Gasteiger charge is 2.42. The minimum Gasteiger partial charge on any atom is -0.480 e. The van der Waals surface area contributed by atoms with E-state index in [1.54, 1.807) is 44.5 Å². The van der Waals surface area contributed by atoms with Crippen LogP contribution < -0.4 is 5.32 Å². The molecule has 4 aromatic rings. The van der Waals surface area contributed by atoms with Gasteiger partial charge in [-0.15, -0.1) is 0 Å². The number of carboxylic acids is 1. The molecule has 5 rings (SSSR count). The number of fused-ring (bicyclic) bond motifs is 1. The van der Waals surface area contributed by atoms with Crippen LogP contribution in [-0.2, 0) is 32.2 Å². The van der Waals surface area contributed by atoms with Gasteiger partial charge in [-0.2, -0.15) is 0 Å². The summed E-state index contributed by atoms with van der Waals surface area (Å²) in [5.41, 5.74) is 1.69. The lowest BCUT2D eigenvalue weighted by Gasteiger charge is -2.26. The molecule has 0 radical (unpaired) electrons. The fraction of sp³-hybridized carbons (Fsp3) is 0.412. The number of carbonyl (C=O) groups excluding carboxylic acids is 2. The lowest BCUT2D eigenvalue weighted by molar-refractivity contribution is -0.142. The number of methoxy groups -OCH3 is 1. The summed E-state index contributed by atoms with van der Waals surface area (Å²) in [6.07, 6.45) is 1.42. The van der Waals surface area contributed by atoms with Crippen molar-refractivity contribution >= 4 is 35.1 Å². The number of aliphatic carboxylic acids is 1. The second kappa shape index (κ2) is 14.8. The van der Waals surface area contributed by atoms with Gasteiger partial charge >= 0.3 is 18.2 Å². The highest BCUT2D eigenvalue weighted by atomic mass is 19.1. The zero-order valence-electron chi connectivity index (χ0n) is 28.0. The molecule has 1 fully saturated rings. The van der Waals surface area contributed by atoms with Crippen molar-refractivity contribution in [3.05, 3.63) is 72.4 Å². The summed E-state index contributed by atoms with van der Waals surface area (Å²) in [5.74, 6) is -1.46. The van der Waals surface area contributed by atoms with Gasteiger partial charge < -0.3 is 34.1 Å². The Morgan fingerprint density at radius 1 is 1.12 bits per heavy atom. The van der Waals surface area contributed by atoms with Gasteiger partial charge in [0.2, 0.25) is 5.95 Å². The Labute approximate surface area is 282 Å². The molecular weight excluding hydrogens is 637 g/mol. The number of imidazole rings is 1. The molecule has 2 aromatic carbocycles. The molecule has 1 saturated heterocycles. The van der Waals surface area contributed by atoms with Crippen LogP contribution in [0.4, 0.5) is 19.9 Å². The van der Waals surface area contributed by atoms with Crippen molar-refractivity contribution in [3.8, 4) is 11.3 Å². The first kappa shape index (κ1) is 35.0. The first-order chi connectivity index (χ1) is 23.3. The second-order valence-corrected chi connectivity index (χ2v) is 12.8. The number of rotatable bonds is 11. The molecule has 1 aliphatic heterocycles. The van der Waals surface area contributed by atoms with Crippen molar-refractivity contribution in [1.29, 1.82) is 0 Å². The minimum absolute atomic E-state index is 0.0691. The van der Waals surface area contributed by atoms with Gasteiger partial charge in [0, 0.05) is 44.9 Å². The number of aromatic nitrogens is 4. The van der Waals surface area contributed by atoms with E-state index in [-0.39, 0.29) is 44.1 Å². The molecule has 260 valence electrons. The third-order valence-electron chi connectivity index (χ3n) is 7.92. The predicted octanol–water partition coefficient (Wildman–Crippen LogP) is 4.79. The standard InChI is InChI=1S/C34H40FN7O7/c1-34(2,3)49-33(46)42-16-22(15-27(42)30(43)44)38-31-36-14-13-26(39-31)24-11-12-25(35)28-29(24)41(20-37-28)18-23(47-5)17-40(4)32(45)48-19-21-9-7-6-8-10-21/h6-14,20,22-23,27H,15-19H2,1-5H3,(H,43,44)(H,36,38,39)/t22-,23?,27-/m0/s1. The molecule has 0 spiro atoms. The van der Waals surface area contributed by atoms with Crippen LogP contribution in [0.5, 0.6) is 0 Å². The van der Waals surface area contributed by atoms with Crippen molar-refractivity contribution in [2.24, 2.45) is 0 Å². The molecule has 0 bridgehead atoms. The fourth-order valence-electron chi connectivity index (χ4n) is 5.59. The van der Waals surface area contributed by atoms with Gasteiger partial charge in [-0.3, -0.25) is 4.90 Å². The van der Waals surface area contributed by atoms with Gasteiger partial charge in [-0.1, -0.05) is 30.3 Å². The van der Waals surface area contributed by atoms with Crippen LogP contribution in [0.15, 0.2) is 61.1 Å². The Kier molecular flexibility index (Phi) is 10.6. The smallest absolute Gasteiger partial charge is 0.411 e. The van der Waals surface area contributed by atoms with Crippen molar-refractivity contribution in [2.75, 3.05) is 32.6 Å². The number of likely N-dealkylation sites (N-methyl/N-ethyl adjacent to an activating group) is 1. The number of benzene rings is 2. The van der Waals surface area contributed by atoms with Crippen LogP contribution in [0.3, 0.4) is 0 Å². The van der Waals surface area contributed by atoms with E-state index >= 15 is 0 Å². The molecule has 0 aliphatic carbocycles. The lowest BCUT2D eigenvalue weighted by atomic mass is 10.1. The molecular formula is C34H40FN7O7. The second-order valence-electron chi connectivity index (χ2n) is 12.8. The maximum Gasteiger partial charge on any atom is 0.411 e. The number of carboxylic acid groups (broad SMARTS) is 1. The molecule has 3 heterocycles. The number of nitrogens with one attached hydrogen (secondary N) is 1. The third-order valence-corrected chi connectivity index (χ3v) is 7.92. The van der Waals surface area contributed by atoms with Crippen molar-refractivity contribution < 1.29 is 38.1 Å². The van der Waals surface area contributed by atoms with E-state index in [4.69, 9.17) is 14.2 Å². The van der Waals surface area contributed by atoms with Gasteiger partial charge in [-0.05, 0) is 44.5 Å². The molecule has 1 unspecified atom stereocenters.